The Bertz CT molecular complexity index is 791. The number of nitrogens with zero attached hydrogens (tertiary/aromatic N) is 1. The van der Waals surface area contributed by atoms with E-state index in [0.29, 0.717) is 29.4 Å². The van der Waals surface area contributed by atoms with Gasteiger partial charge in [-0.15, -0.1) is 0 Å². The lowest BCUT2D eigenvalue weighted by Crippen LogP contribution is -2.14. The molecule has 0 spiro atoms. The van der Waals surface area contributed by atoms with Gasteiger partial charge < -0.3 is 14.8 Å². The molecule has 5 heteroatoms. The summed E-state index contributed by atoms with van der Waals surface area (Å²) in [5, 5.41) is 12.0. The molecule has 1 N–H and O–H groups in total. The van der Waals surface area contributed by atoms with E-state index in [1.54, 1.807) is 36.4 Å². The molecule has 1 amide bonds. The number of hydrogen-bond acceptors (Lipinski definition) is 4. The minimum absolute atomic E-state index is 0.0203. The summed E-state index contributed by atoms with van der Waals surface area (Å²) in [5.41, 5.74) is 1.16. The van der Waals surface area contributed by atoms with E-state index in [1.165, 1.54) is 13.2 Å². The van der Waals surface area contributed by atoms with Crippen LogP contribution < -0.4 is 14.8 Å². The van der Waals surface area contributed by atoms with Crippen molar-refractivity contribution >= 4 is 17.7 Å². The van der Waals surface area contributed by atoms with Crippen LogP contribution in [0.2, 0.25) is 0 Å². The molecule has 2 aromatic carbocycles. The van der Waals surface area contributed by atoms with Crippen molar-refractivity contribution < 1.29 is 14.3 Å². The Morgan fingerprint density at radius 3 is 2.50 bits per heavy atom. The molecule has 0 fully saturated rings. The lowest BCUT2D eigenvalue weighted by Gasteiger charge is -2.10. The lowest BCUT2D eigenvalue weighted by molar-refractivity contribution is -0.112. The second-order valence-electron chi connectivity index (χ2n) is 4.80. The number of ether oxygens (including phenoxy) is 2. The predicted molar refractivity (Wildman–Crippen MR) is 92.8 cm³/mol. The highest BCUT2D eigenvalue weighted by molar-refractivity contribution is 6.10. The average Bonchev–Trinajstić information content (AvgIpc) is 2.61. The van der Waals surface area contributed by atoms with Crippen molar-refractivity contribution in [3.05, 3.63) is 59.7 Å². The van der Waals surface area contributed by atoms with Gasteiger partial charge in [0.1, 0.15) is 23.1 Å². The van der Waals surface area contributed by atoms with E-state index < -0.39 is 5.91 Å². The van der Waals surface area contributed by atoms with Crippen LogP contribution in [-0.2, 0) is 4.79 Å². The van der Waals surface area contributed by atoms with E-state index in [4.69, 9.17) is 9.47 Å². The molecule has 122 valence electrons. The summed E-state index contributed by atoms with van der Waals surface area (Å²) in [6.07, 6.45) is 1.51. The molecule has 0 radical (unpaired) electrons. The SMILES string of the molecule is CCOc1ccccc1/C=C(\C#N)C(=O)Nc1ccccc1OC. The van der Waals surface area contributed by atoms with Crippen LogP contribution in [0, 0.1) is 11.3 Å². The van der Waals surface area contributed by atoms with Gasteiger partial charge in [0.2, 0.25) is 0 Å². The Balaban J connectivity index is 2.28. The van der Waals surface area contributed by atoms with Gasteiger partial charge in [-0.25, -0.2) is 0 Å². The Morgan fingerprint density at radius 2 is 1.83 bits per heavy atom. The largest absolute Gasteiger partial charge is 0.495 e. The summed E-state index contributed by atoms with van der Waals surface area (Å²) in [7, 11) is 1.52. The number of nitrogens with one attached hydrogen (secondary N) is 1. The van der Waals surface area contributed by atoms with E-state index in [1.807, 2.05) is 25.1 Å². The molecule has 0 heterocycles. The molecule has 0 aromatic heterocycles. The molecule has 0 atom stereocenters. The number of hydrogen-bond donors (Lipinski definition) is 1. The highest BCUT2D eigenvalue weighted by Gasteiger charge is 2.13. The van der Waals surface area contributed by atoms with Crippen molar-refractivity contribution in [2.45, 2.75) is 6.92 Å². The Hall–Kier alpha value is -3.26. The molecule has 2 rings (SSSR count). The average molecular weight is 322 g/mol. The van der Waals surface area contributed by atoms with E-state index in [9.17, 15) is 10.1 Å². The number of methoxy groups -OCH3 is 1. The third-order valence-corrected chi connectivity index (χ3v) is 3.24. The second kappa shape index (κ2) is 8.39. The molecule has 2 aromatic rings. The molecular formula is C19H18N2O3. The van der Waals surface area contributed by atoms with Crippen LogP contribution in [0.15, 0.2) is 54.1 Å². The fourth-order valence-electron chi connectivity index (χ4n) is 2.13. The van der Waals surface area contributed by atoms with Crippen LogP contribution in [0.5, 0.6) is 11.5 Å². The Morgan fingerprint density at radius 1 is 1.17 bits per heavy atom. The molecule has 0 saturated heterocycles. The van der Waals surface area contributed by atoms with Gasteiger partial charge >= 0.3 is 0 Å². The van der Waals surface area contributed by atoms with Crippen LogP contribution in [-0.4, -0.2) is 19.6 Å². The molecule has 0 aliphatic carbocycles. The molecule has 5 nitrogen and oxygen atoms in total. The number of carbonyl (C=O) groups is 1. The van der Waals surface area contributed by atoms with Crippen molar-refractivity contribution in [2.24, 2.45) is 0 Å². The summed E-state index contributed by atoms with van der Waals surface area (Å²) >= 11 is 0. The predicted octanol–water partition coefficient (Wildman–Crippen LogP) is 3.64. The summed E-state index contributed by atoms with van der Waals surface area (Å²) in [6.45, 7) is 2.38. The maximum absolute atomic E-state index is 12.4. The van der Waals surface area contributed by atoms with Gasteiger partial charge in [0.05, 0.1) is 19.4 Å². The Labute approximate surface area is 141 Å². The number of para-hydroxylation sites is 3. The summed E-state index contributed by atoms with van der Waals surface area (Å²) < 4.78 is 10.7. The molecule has 24 heavy (non-hydrogen) atoms. The Kier molecular flexibility index (Phi) is 5.98. The van der Waals surface area contributed by atoms with Crippen molar-refractivity contribution in [1.82, 2.24) is 0 Å². The zero-order chi connectivity index (χ0) is 17.4. The van der Waals surface area contributed by atoms with Gasteiger partial charge in [-0.05, 0) is 31.2 Å². The molecule has 0 aliphatic heterocycles. The quantitative estimate of drug-likeness (QED) is 0.651. The third kappa shape index (κ3) is 4.14. The van der Waals surface area contributed by atoms with Gasteiger partial charge in [0.15, 0.2) is 0 Å². The van der Waals surface area contributed by atoms with E-state index in [0.717, 1.165) is 0 Å². The minimum atomic E-state index is -0.506. The molecule has 0 saturated carbocycles. The number of rotatable bonds is 6. The monoisotopic (exact) mass is 322 g/mol. The summed E-state index contributed by atoms with van der Waals surface area (Å²) in [5.74, 6) is 0.643. The smallest absolute Gasteiger partial charge is 0.266 e. The second-order valence-corrected chi connectivity index (χ2v) is 4.80. The van der Waals surface area contributed by atoms with Gasteiger partial charge in [-0.3, -0.25) is 4.79 Å². The normalized spacial score (nSPS) is 10.6. The van der Waals surface area contributed by atoms with Crippen molar-refractivity contribution in [3.8, 4) is 17.6 Å². The first-order chi connectivity index (χ1) is 11.7. The van der Waals surface area contributed by atoms with Crippen LogP contribution in [0.4, 0.5) is 5.69 Å². The topological polar surface area (TPSA) is 71.3 Å². The zero-order valence-electron chi connectivity index (χ0n) is 13.6. The molecular weight excluding hydrogens is 304 g/mol. The number of carbonyl (C=O) groups excluding carboxylic acids is 1. The highest BCUT2D eigenvalue weighted by Crippen LogP contribution is 2.25. The number of benzene rings is 2. The first-order valence-corrected chi connectivity index (χ1v) is 7.47. The van der Waals surface area contributed by atoms with E-state index in [-0.39, 0.29) is 5.57 Å². The van der Waals surface area contributed by atoms with Crippen LogP contribution in [0.3, 0.4) is 0 Å². The fraction of sp³-hybridized carbons (Fsp3) is 0.158. The first-order valence-electron chi connectivity index (χ1n) is 7.47. The summed E-state index contributed by atoms with van der Waals surface area (Å²) in [4.78, 5) is 12.4. The minimum Gasteiger partial charge on any atom is -0.495 e. The molecule has 0 unspecified atom stereocenters. The van der Waals surface area contributed by atoms with Crippen molar-refractivity contribution in [2.75, 3.05) is 19.0 Å². The van der Waals surface area contributed by atoms with Crippen LogP contribution in [0.1, 0.15) is 12.5 Å². The summed E-state index contributed by atoms with van der Waals surface area (Å²) in [6, 6.07) is 16.2. The standard InChI is InChI=1S/C19H18N2O3/c1-3-24-17-10-6-4-8-14(17)12-15(13-20)19(22)21-16-9-5-7-11-18(16)23-2/h4-12H,3H2,1-2H3,(H,21,22)/b15-12+. The van der Waals surface area contributed by atoms with Gasteiger partial charge in [0, 0.05) is 5.56 Å². The van der Waals surface area contributed by atoms with E-state index >= 15 is 0 Å². The fourth-order valence-corrected chi connectivity index (χ4v) is 2.13. The van der Waals surface area contributed by atoms with Gasteiger partial charge in [-0.2, -0.15) is 5.26 Å². The van der Waals surface area contributed by atoms with Crippen LogP contribution in [0.25, 0.3) is 6.08 Å². The third-order valence-electron chi connectivity index (χ3n) is 3.24. The number of nitriles is 1. The molecule has 0 aliphatic rings. The van der Waals surface area contributed by atoms with Gasteiger partial charge in [0.25, 0.3) is 5.91 Å². The lowest BCUT2D eigenvalue weighted by atomic mass is 10.1. The zero-order valence-corrected chi connectivity index (χ0v) is 13.6. The van der Waals surface area contributed by atoms with Crippen LogP contribution >= 0.6 is 0 Å². The maximum atomic E-state index is 12.4. The van der Waals surface area contributed by atoms with E-state index in [2.05, 4.69) is 5.32 Å². The highest BCUT2D eigenvalue weighted by atomic mass is 16.5. The first kappa shape index (κ1) is 17.1. The van der Waals surface area contributed by atoms with Crippen molar-refractivity contribution in [1.29, 1.82) is 5.26 Å². The number of anilines is 1. The number of amides is 1. The molecule has 0 bridgehead atoms. The van der Waals surface area contributed by atoms with Gasteiger partial charge in [-0.1, -0.05) is 30.3 Å². The maximum Gasteiger partial charge on any atom is 0.266 e. The van der Waals surface area contributed by atoms with Crippen molar-refractivity contribution in [3.63, 3.8) is 0 Å².